The summed E-state index contributed by atoms with van der Waals surface area (Å²) in [5.74, 6) is 2.19. The Kier molecular flexibility index (Phi) is 6.23. The van der Waals surface area contributed by atoms with Crippen LogP contribution in [0.1, 0.15) is 25.0 Å². The van der Waals surface area contributed by atoms with Crippen LogP contribution in [0.2, 0.25) is 0 Å². The number of aromatic nitrogens is 1. The van der Waals surface area contributed by atoms with Crippen LogP contribution in [0.15, 0.2) is 36.5 Å². The molecule has 0 unspecified atom stereocenters. The van der Waals surface area contributed by atoms with Crippen molar-refractivity contribution in [3.63, 3.8) is 0 Å². The number of carbonyl (C=O) groups excluding carboxylic acids is 1. The summed E-state index contributed by atoms with van der Waals surface area (Å²) >= 11 is 0. The number of anilines is 1. The lowest BCUT2D eigenvalue weighted by atomic mass is 10.1. The number of ether oxygens (including phenoxy) is 3. The monoisotopic (exact) mass is 422 g/mol. The fourth-order valence-corrected chi connectivity index (χ4v) is 3.83. The minimum Gasteiger partial charge on any atom is -0.486 e. The van der Waals surface area contributed by atoms with Gasteiger partial charge >= 0.3 is 0 Å². The van der Waals surface area contributed by atoms with E-state index in [9.17, 15) is 4.79 Å². The largest absolute Gasteiger partial charge is 0.486 e. The molecule has 0 radical (unpaired) electrons. The van der Waals surface area contributed by atoms with Gasteiger partial charge in [0.05, 0.1) is 18.7 Å². The number of nitriles is 1. The highest BCUT2D eigenvalue weighted by molar-refractivity contribution is 5.73. The molecule has 162 valence electrons. The van der Waals surface area contributed by atoms with Crippen LogP contribution >= 0.6 is 0 Å². The molecule has 1 aromatic heterocycles. The maximum atomic E-state index is 11.7. The molecule has 0 bridgehead atoms. The molecule has 8 heteroatoms. The van der Waals surface area contributed by atoms with Gasteiger partial charge < -0.3 is 24.4 Å². The number of nitrogens with zero attached hydrogens (tertiary/aromatic N) is 3. The molecule has 31 heavy (non-hydrogen) atoms. The number of carbonyl (C=O) groups is 1. The number of fused-ring (bicyclic) bond motifs is 1. The Hall–Kier alpha value is -3.31. The Morgan fingerprint density at radius 2 is 2.19 bits per heavy atom. The van der Waals surface area contributed by atoms with Crippen molar-refractivity contribution in [1.29, 1.82) is 5.26 Å². The van der Waals surface area contributed by atoms with E-state index in [2.05, 4.69) is 23.3 Å². The lowest BCUT2D eigenvalue weighted by Gasteiger charge is -2.38. The van der Waals surface area contributed by atoms with Crippen molar-refractivity contribution in [1.82, 2.24) is 9.88 Å². The standard InChI is InChI=1S/C23H26N4O4/c1-15(26-23-6-4-18(11-24)12-25-23)9-17-3-5-19-20(10-17)31-22(14-30-19)21-13-27(16(2)28)7-8-29-21/h3-6,10,12,15,21-22H,7-9,13-14H2,1-2H3,(H,25,26)/t15-,21-,22-/m0/s1. The van der Waals surface area contributed by atoms with Gasteiger partial charge in [0.15, 0.2) is 17.6 Å². The zero-order valence-electron chi connectivity index (χ0n) is 17.7. The first kappa shape index (κ1) is 20.9. The van der Waals surface area contributed by atoms with Gasteiger partial charge in [-0.2, -0.15) is 5.26 Å². The number of hydrogen-bond acceptors (Lipinski definition) is 7. The summed E-state index contributed by atoms with van der Waals surface area (Å²) in [6.45, 7) is 5.67. The van der Waals surface area contributed by atoms with Crippen molar-refractivity contribution >= 4 is 11.7 Å². The smallest absolute Gasteiger partial charge is 0.219 e. The van der Waals surface area contributed by atoms with E-state index < -0.39 is 0 Å². The Balaban J connectivity index is 1.38. The molecule has 1 saturated heterocycles. The number of morpholine rings is 1. The van der Waals surface area contributed by atoms with Crippen molar-refractivity contribution in [3.8, 4) is 17.6 Å². The second-order valence-corrected chi connectivity index (χ2v) is 7.92. The Labute approximate surface area is 181 Å². The number of benzene rings is 1. The molecule has 1 N–H and O–H groups in total. The summed E-state index contributed by atoms with van der Waals surface area (Å²) in [6, 6.07) is 11.7. The number of nitrogens with one attached hydrogen (secondary N) is 1. The van der Waals surface area contributed by atoms with Gasteiger partial charge in [0.1, 0.15) is 24.6 Å². The summed E-state index contributed by atoms with van der Waals surface area (Å²) < 4.78 is 18.0. The molecule has 0 aliphatic carbocycles. The molecule has 0 spiro atoms. The van der Waals surface area contributed by atoms with Crippen LogP contribution in [0.5, 0.6) is 11.5 Å². The highest BCUT2D eigenvalue weighted by Crippen LogP contribution is 2.34. The second-order valence-electron chi connectivity index (χ2n) is 7.92. The van der Waals surface area contributed by atoms with Gasteiger partial charge in [-0.25, -0.2) is 4.98 Å². The Morgan fingerprint density at radius 1 is 1.32 bits per heavy atom. The van der Waals surface area contributed by atoms with Crippen LogP contribution in [0.25, 0.3) is 0 Å². The van der Waals surface area contributed by atoms with E-state index in [0.717, 1.165) is 17.8 Å². The predicted octanol–water partition coefficient (Wildman–Crippen LogP) is 2.38. The number of amides is 1. The van der Waals surface area contributed by atoms with E-state index in [1.54, 1.807) is 30.2 Å². The van der Waals surface area contributed by atoms with E-state index in [1.807, 2.05) is 18.2 Å². The van der Waals surface area contributed by atoms with Gasteiger partial charge in [0.2, 0.25) is 5.91 Å². The fourth-order valence-electron chi connectivity index (χ4n) is 3.83. The number of rotatable bonds is 5. The lowest BCUT2D eigenvalue weighted by Crippen LogP contribution is -2.53. The van der Waals surface area contributed by atoms with E-state index in [0.29, 0.717) is 43.4 Å². The predicted molar refractivity (Wildman–Crippen MR) is 114 cm³/mol. The Bertz CT molecular complexity index is 973. The van der Waals surface area contributed by atoms with Gasteiger partial charge in [-0.3, -0.25) is 4.79 Å². The average Bonchev–Trinajstić information content (AvgIpc) is 2.79. The van der Waals surface area contributed by atoms with Gasteiger partial charge in [0, 0.05) is 25.7 Å². The van der Waals surface area contributed by atoms with Crippen LogP contribution in [0.3, 0.4) is 0 Å². The van der Waals surface area contributed by atoms with Crippen LogP contribution in [-0.2, 0) is 16.0 Å². The summed E-state index contributed by atoms with van der Waals surface area (Å²) in [6.07, 6.45) is 1.85. The normalized spacial score (nSPS) is 21.1. The highest BCUT2D eigenvalue weighted by Gasteiger charge is 2.34. The topological polar surface area (TPSA) is 96.7 Å². The zero-order chi connectivity index (χ0) is 21.8. The molecule has 8 nitrogen and oxygen atoms in total. The van der Waals surface area contributed by atoms with Gasteiger partial charge in [-0.15, -0.1) is 0 Å². The summed E-state index contributed by atoms with van der Waals surface area (Å²) in [5, 5.41) is 12.2. The third-order valence-corrected chi connectivity index (χ3v) is 5.47. The lowest BCUT2D eigenvalue weighted by molar-refractivity contribution is -0.143. The molecule has 3 heterocycles. The van der Waals surface area contributed by atoms with Gasteiger partial charge in [-0.1, -0.05) is 6.07 Å². The first-order valence-electron chi connectivity index (χ1n) is 10.4. The minimum atomic E-state index is -0.261. The van der Waals surface area contributed by atoms with Crippen molar-refractivity contribution in [2.45, 2.75) is 38.5 Å². The quantitative estimate of drug-likeness (QED) is 0.790. The number of hydrogen-bond donors (Lipinski definition) is 1. The van der Waals surface area contributed by atoms with Crippen molar-refractivity contribution in [2.75, 3.05) is 31.6 Å². The zero-order valence-corrected chi connectivity index (χ0v) is 17.7. The van der Waals surface area contributed by atoms with Crippen LogP contribution in [-0.4, -0.2) is 60.3 Å². The summed E-state index contributed by atoms with van der Waals surface area (Å²) in [4.78, 5) is 17.8. The van der Waals surface area contributed by atoms with E-state index >= 15 is 0 Å². The molecule has 1 aromatic carbocycles. The van der Waals surface area contributed by atoms with Crippen LogP contribution in [0, 0.1) is 11.3 Å². The van der Waals surface area contributed by atoms with Crippen LogP contribution in [0.4, 0.5) is 5.82 Å². The average molecular weight is 422 g/mol. The molecule has 3 atom stereocenters. The van der Waals surface area contributed by atoms with Crippen LogP contribution < -0.4 is 14.8 Å². The molecule has 2 aliphatic rings. The second kappa shape index (κ2) is 9.23. The Morgan fingerprint density at radius 3 is 2.94 bits per heavy atom. The molecule has 1 fully saturated rings. The third kappa shape index (κ3) is 5.06. The molecular weight excluding hydrogens is 396 g/mol. The van der Waals surface area contributed by atoms with Crippen molar-refractivity contribution < 1.29 is 19.0 Å². The molecule has 2 aromatic rings. The van der Waals surface area contributed by atoms with E-state index in [4.69, 9.17) is 19.5 Å². The number of pyridine rings is 1. The first-order valence-corrected chi connectivity index (χ1v) is 10.4. The van der Waals surface area contributed by atoms with E-state index in [1.165, 1.54) is 0 Å². The SMILES string of the molecule is CC(=O)N1CCO[C@H]([C@@H]2COc3ccc(C[C@H](C)Nc4ccc(C#N)cn4)cc3O2)C1. The van der Waals surface area contributed by atoms with Crippen molar-refractivity contribution in [3.05, 3.63) is 47.7 Å². The minimum absolute atomic E-state index is 0.0472. The molecule has 1 amide bonds. The molecule has 2 aliphatic heterocycles. The first-order chi connectivity index (χ1) is 15.0. The molecule has 0 saturated carbocycles. The highest BCUT2D eigenvalue weighted by atomic mass is 16.6. The van der Waals surface area contributed by atoms with Gasteiger partial charge in [-0.05, 0) is 43.2 Å². The molecule has 4 rings (SSSR count). The maximum absolute atomic E-state index is 11.7. The summed E-state index contributed by atoms with van der Waals surface area (Å²) in [5.41, 5.74) is 1.64. The maximum Gasteiger partial charge on any atom is 0.219 e. The third-order valence-electron chi connectivity index (χ3n) is 5.47. The summed E-state index contributed by atoms with van der Waals surface area (Å²) in [7, 11) is 0. The van der Waals surface area contributed by atoms with Gasteiger partial charge in [0.25, 0.3) is 0 Å². The van der Waals surface area contributed by atoms with Crippen molar-refractivity contribution in [2.24, 2.45) is 0 Å². The molecular formula is C23H26N4O4. The fraction of sp³-hybridized carbons (Fsp3) is 0.435. The van der Waals surface area contributed by atoms with E-state index in [-0.39, 0.29) is 24.2 Å².